The summed E-state index contributed by atoms with van der Waals surface area (Å²) >= 11 is 1.82. The van der Waals surface area contributed by atoms with E-state index >= 15 is 0 Å². The van der Waals surface area contributed by atoms with Crippen LogP contribution in [-0.4, -0.2) is 18.0 Å². The second-order valence-corrected chi connectivity index (χ2v) is 6.49. The fourth-order valence-corrected chi connectivity index (χ4v) is 1.59. The first kappa shape index (κ1) is 18.7. The molecule has 0 aliphatic carbocycles. The van der Waals surface area contributed by atoms with Gasteiger partial charge in [0.25, 0.3) is 0 Å². The second kappa shape index (κ2) is 8.45. The second-order valence-electron chi connectivity index (χ2n) is 5.49. The molecule has 0 aliphatic heterocycles. The van der Waals surface area contributed by atoms with Crippen molar-refractivity contribution in [3.05, 3.63) is 12.2 Å². The molecule has 0 spiro atoms. The fourth-order valence-electron chi connectivity index (χ4n) is 0.698. The smallest absolute Gasteiger partial charge is 0.407 e. The van der Waals surface area contributed by atoms with Crippen LogP contribution >= 0.6 is 11.8 Å². The molecule has 0 saturated heterocycles. The summed E-state index contributed by atoms with van der Waals surface area (Å²) in [6, 6.07) is 0. The summed E-state index contributed by atoms with van der Waals surface area (Å²) in [7, 11) is 0. The maximum absolute atomic E-state index is 5.57. The van der Waals surface area contributed by atoms with Gasteiger partial charge in [0.2, 0.25) is 0 Å². The summed E-state index contributed by atoms with van der Waals surface area (Å²) in [5.41, 5.74) is 0.302. The van der Waals surface area contributed by atoms with Crippen molar-refractivity contribution in [3.8, 4) is 0 Å². The molecule has 15 heavy (non-hydrogen) atoms. The van der Waals surface area contributed by atoms with Crippen molar-refractivity contribution in [2.75, 3.05) is 12.4 Å². The summed E-state index contributed by atoms with van der Waals surface area (Å²) in [4.78, 5) is 0. The van der Waals surface area contributed by atoms with Crippen molar-refractivity contribution in [1.82, 2.24) is 0 Å². The SMILES string of the molecule is CC(C)(C)[CH-]CS[CH-]COC(C)(C)C.[U+2]. The largest absolute Gasteiger partial charge is 2.00 e. The van der Waals surface area contributed by atoms with Crippen LogP contribution in [0, 0.1) is 48.7 Å². The van der Waals surface area contributed by atoms with E-state index < -0.39 is 0 Å². The van der Waals surface area contributed by atoms with E-state index in [4.69, 9.17) is 4.74 Å². The Morgan fingerprint density at radius 1 is 1.07 bits per heavy atom. The Hall–Kier alpha value is 1.36. The van der Waals surface area contributed by atoms with E-state index in [-0.39, 0.29) is 36.7 Å². The molecule has 0 rings (SSSR count). The van der Waals surface area contributed by atoms with Crippen molar-refractivity contribution >= 4 is 11.8 Å². The molecule has 0 aromatic rings. The van der Waals surface area contributed by atoms with Gasteiger partial charge in [0.1, 0.15) is 0 Å². The molecule has 3 heteroatoms. The fraction of sp³-hybridized carbons (Fsp3) is 0.833. The Balaban J connectivity index is 0. The van der Waals surface area contributed by atoms with Gasteiger partial charge in [-0.2, -0.15) is 11.2 Å². The van der Waals surface area contributed by atoms with Crippen molar-refractivity contribution in [2.24, 2.45) is 5.41 Å². The number of ether oxygens (including phenoxy) is 1. The molecular weight excluding hydrogens is 430 g/mol. The van der Waals surface area contributed by atoms with Gasteiger partial charge in [-0.25, -0.2) is 0 Å². The van der Waals surface area contributed by atoms with E-state index in [9.17, 15) is 0 Å². The minimum absolute atomic E-state index is 0. The minimum Gasteiger partial charge on any atom is -0.407 e. The van der Waals surface area contributed by atoms with E-state index in [1.807, 2.05) is 11.8 Å². The van der Waals surface area contributed by atoms with E-state index in [0.29, 0.717) is 5.41 Å². The molecule has 0 atom stereocenters. The zero-order valence-corrected chi connectivity index (χ0v) is 15.9. The first-order chi connectivity index (χ1) is 6.21. The summed E-state index contributed by atoms with van der Waals surface area (Å²) < 4.78 is 5.57. The first-order valence-corrected chi connectivity index (χ1v) is 6.17. The Morgan fingerprint density at radius 2 is 1.60 bits per heavy atom. The van der Waals surface area contributed by atoms with Crippen LogP contribution in [0.2, 0.25) is 0 Å². The maximum Gasteiger partial charge on any atom is 2.00 e. The molecule has 0 amide bonds. The minimum atomic E-state index is -0.0230. The summed E-state index contributed by atoms with van der Waals surface area (Å²) in [5.74, 6) is 3.20. The van der Waals surface area contributed by atoms with Crippen molar-refractivity contribution in [3.63, 3.8) is 0 Å². The van der Waals surface area contributed by atoms with Crippen molar-refractivity contribution in [2.45, 2.75) is 47.1 Å². The van der Waals surface area contributed by atoms with Gasteiger partial charge in [0, 0.05) is 0 Å². The average molecular weight is 454 g/mol. The molecule has 0 unspecified atom stereocenters. The van der Waals surface area contributed by atoms with Crippen LogP contribution in [0.4, 0.5) is 0 Å². The Morgan fingerprint density at radius 3 is 2.00 bits per heavy atom. The Bertz CT molecular complexity index is 129. The Kier molecular flexibility index (Phi) is 10.5. The normalized spacial score (nSPS) is 12.4. The monoisotopic (exact) mass is 454 g/mol. The Labute approximate surface area is 124 Å². The van der Waals surface area contributed by atoms with Gasteiger partial charge in [-0.1, -0.05) is 27.4 Å². The van der Waals surface area contributed by atoms with Crippen LogP contribution in [-0.2, 0) is 4.74 Å². The molecule has 0 aromatic heterocycles. The standard InChI is InChI=1S/C12H24OS.U/c1-11(2,3)7-9-14-10-8-13-12(4,5)6;/h7,10H,8-9H2,1-6H3;/q-2;+2. The molecule has 0 radical (unpaired) electrons. The molecule has 88 valence electrons. The number of rotatable bonds is 5. The third kappa shape index (κ3) is 17.9. The molecule has 0 N–H and O–H groups in total. The topological polar surface area (TPSA) is 9.23 Å². The first-order valence-electron chi connectivity index (χ1n) is 5.12. The van der Waals surface area contributed by atoms with Gasteiger partial charge in [-0.3, -0.25) is 5.75 Å². The third-order valence-electron chi connectivity index (χ3n) is 1.49. The van der Waals surface area contributed by atoms with Crippen LogP contribution in [0.5, 0.6) is 0 Å². The van der Waals surface area contributed by atoms with Crippen LogP contribution in [0.25, 0.3) is 0 Å². The molecule has 0 bridgehead atoms. The van der Waals surface area contributed by atoms with Crippen LogP contribution in [0.15, 0.2) is 0 Å². The van der Waals surface area contributed by atoms with Gasteiger partial charge < -0.3 is 22.9 Å². The van der Waals surface area contributed by atoms with Gasteiger partial charge in [-0.05, 0) is 20.8 Å². The van der Waals surface area contributed by atoms with Gasteiger partial charge >= 0.3 is 31.1 Å². The number of hydrogen-bond acceptors (Lipinski definition) is 2. The molecule has 0 heterocycles. The van der Waals surface area contributed by atoms with E-state index in [1.54, 1.807) is 0 Å². The van der Waals surface area contributed by atoms with Gasteiger partial charge in [0.05, 0.1) is 5.60 Å². The molecule has 0 saturated carbocycles. The quantitative estimate of drug-likeness (QED) is 0.460. The molecular formula is C12H24OSU. The number of thioether (sulfide) groups is 1. The molecule has 0 fully saturated rings. The summed E-state index contributed by atoms with van der Waals surface area (Å²) in [6.07, 6.45) is 2.32. The summed E-state index contributed by atoms with van der Waals surface area (Å²) in [5, 5.41) is 0. The summed E-state index contributed by atoms with van der Waals surface area (Å²) in [6.45, 7) is 13.6. The predicted octanol–water partition coefficient (Wildman–Crippen LogP) is 3.95. The van der Waals surface area contributed by atoms with Gasteiger partial charge in [0.15, 0.2) is 0 Å². The zero-order chi connectivity index (χ0) is 11.2. The average Bonchev–Trinajstić information content (AvgIpc) is 1.92. The van der Waals surface area contributed by atoms with Crippen LogP contribution < -0.4 is 0 Å². The number of hydrogen-bond donors (Lipinski definition) is 0. The van der Waals surface area contributed by atoms with Crippen LogP contribution in [0.1, 0.15) is 41.5 Å². The zero-order valence-electron chi connectivity index (χ0n) is 10.9. The molecule has 1 nitrogen and oxygen atoms in total. The molecule has 0 aliphatic rings. The third-order valence-corrected chi connectivity index (χ3v) is 2.23. The van der Waals surface area contributed by atoms with Crippen molar-refractivity contribution < 1.29 is 35.9 Å². The molecule has 0 aromatic carbocycles. The van der Waals surface area contributed by atoms with E-state index in [1.165, 1.54) is 0 Å². The van der Waals surface area contributed by atoms with E-state index in [2.05, 4.69) is 53.7 Å². The van der Waals surface area contributed by atoms with Crippen LogP contribution in [0.3, 0.4) is 0 Å². The van der Waals surface area contributed by atoms with E-state index in [0.717, 1.165) is 12.4 Å². The van der Waals surface area contributed by atoms with Gasteiger partial charge in [-0.15, -0.1) is 0 Å². The van der Waals surface area contributed by atoms with Crippen molar-refractivity contribution in [1.29, 1.82) is 0 Å². The maximum atomic E-state index is 5.57. The predicted molar refractivity (Wildman–Crippen MR) is 66.2 cm³/mol.